The van der Waals surface area contributed by atoms with Crippen LogP contribution in [0.1, 0.15) is 22.3 Å². The van der Waals surface area contributed by atoms with E-state index in [2.05, 4.69) is 21.7 Å². The lowest BCUT2D eigenvalue weighted by molar-refractivity contribution is 0.0948. The van der Waals surface area contributed by atoms with Crippen molar-refractivity contribution in [3.63, 3.8) is 0 Å². The van der Waals surface area contributed by atoms with Crippen molar-refractivity contribution < 1.29 is 9.53 Å². The third-order valence-electron chi connectivity index (χ3n) is 3.12. The number of nitriles is 1. The van der Waals surface area contributed by atoms with E-state index in [4.69, 9.17) is 10.00 Å². The van der Waals surface area contributed by atoms with E-state index in [1.54, 1.807) is 49.7 Å². The molecular formula is C17H18N4O2. The third-order valence-corrected chi connectivity index (χ3v) is 3.12. The molecule has 0 aliphatic rings. The lowest BCUT2D eigenvalue weighted by Crippen LogP contribution is -2.25. The number of rotatable bonds is 7. The Morgan fingerprint density at radius 3 is 2.78 bits per heavy atom. The summed E-state index contributed by atoms with van der Waals surface area (Å²) in [5.74, 6) is 0.422. The number of hydrogen-bond acceptors (Lipinski definition) is 5. The maximum Gasteiger partial charge on any atom is 0.251 e. The normalized spacial score (nSPS) is 9.91. The highest BCUT2D eigenvalue weighted by atomic mass is 16.5. The summed E-state index contributed by atoms with van der Waals surface area (Å²) in [6, 6.07) is 12.4. The number of hydrogen-bond donors (Lipinski definition) is 2. The van der Waals surface area contributed by atoms with Crippen molar-refractivity contribution >= 4 is 17.4 Å². The first-order valence-electron chi connectivity index (χ1n) is 7.23. The van der Waals surface area contributed by atoms with Crippen LogP contribution in [0.25, 0.3) is 0 Å². The van der Waals surface area contributed by atoms with E-state index in [1.165, 1.54) is 0 Å². The minimum atomic E-state index is -0.147. The van der Waals surface area contributed by atoms with E-state index in [1.807, 2.05) is 0 Å². The van der Waals surface area contributed by atoms with Gasteiger partial charge in [-0.2, -0.15) is 5.26 Å². The summed E-state index contributed by atoms with van der Waals surface area (Å²) in [5, 5.41) is 14.7. The van der Waals surface area contributed by atoms with Gasteiger partial charge in [-0.1, -0.05) is 0 Å². The fraction of sp³-hybridized carbons (Fsp3) is 0.235. The van der Waals surface area contributed by atoms with Crippen LogP contribution in [0, 0.1) is 11.3 Å². The smallest absolute Gasteiger partial charge is 0.251 e. The van der Waals surface area contributed by atoms with Crippen LogP contribution in [0.15, 0.2) is 42.6 Å². The molecule has 0 atom stereocenters. The molecule has 0 radical (unpaired) electrons. The molecule has 1 aromatic heterocycles. The van der Waals surface area contributed by atoms with Gasteiger partial charge in [0.2, 0.25) is 0 Å². The molecule has 6 heteroatoms. The van der Waals surface area contributed by atoms with Gasteiger partial charge in [-0.3, -0.25) is 4.79 Å². The zero-order chi connectivity index (χ0) is 16.5. The first-order chi connectivity index (χ1) is 11.2. The second-order valence-electron chi connectivity index (χ2n) is 4.85. The molecule has 23 heavy (non-hydrogen) atoms. The van der Waals surface area contributed by atoms with Crippen LogP contribution in [0.5, 0.6) is 0 Å². The number of carbonyl (C=O) groups is 1. The van der Waals surface area contributed by atoms with Crippen LogP contribution in [-0.2, 0) is 4.74 Å². The molecule has 1 aromatic carbocycles. The molecule has 2 N–H and O–H groups in total. The number of carbonyl (C=O) groups excluding carboxylic acids is 1. The monoisotopic (exact) mass is 310 g/mol. The van der Waals surface area contributed by atoms with Gasteiger partial charge in [0, 0.05) is 37.7 Å². The second kappa shape index (κ2) is 8.51. The number of methoxy groups -OCH3 is 1. The van der Waals surface area contributed by atoms with Crippen LogP contribution in [0.3, 0.4) is 0 Å². The number of aromatic nitrogens is 1. The molecule has 118 valence electrons. The van der Waals surface area contributed by atoms with Gasteiger partial charge >= 0.3 is 0 Å². The van der Waals surface area contributed by atoms with Crippen LogP contribution in [0.4, 0.5) is 11.5 Å². The molecule has 0 aliphatic heterocycles. The number of benzene rings is 1. The Morgan fingerprint density at radius 1 is 1.30 bits per heavy atom. The zero-order valence-corrected chi connectivity index (χ0v) is 12.9. The summed E-state index contributed by atoms with van der Waals surface area (Å²) in [6.45, 7) is 1.18. The molecule has 0 saturated heterocycles. The predicted octanol–water partition coefficient (Wildman–Crippen LogP) is 2.46. The Morgan fingerprint density at radius 2 is 2.09 bits per heavy atom. The quantitative estimate of drug-likeness (QED) is 0.767. The summed E-state index contributed by atoms with van der Waals surface area (Å²) in [5.41, 5.74) is 1.93. The van der Waals surface area contributed by atoms with Gasteiger partial charge in [-0.05, 0) is 42.8 Å². The number of nitrogens with one attached hydrogen (secondary N) is 2. The van der Waals surface area contributed by atoms with Crippen LogP contribution in [0.2, 0.25) is 0 Å². The van der Waals surface area contributed by atoms with Crippen LogP contribution < -0.4 is 10.6 Å². The van der Waals surface area contributed by atoms with Gasteiger partial charge in [-0.25, -0.2) is 4.98 Å². The number of ether oxygens (including phenoxy) is 1. The van der Waals surface area contributed by atoms with Gasteiger partial charge in [0.1, 0.15) is 5.82 Å². The lowest BCUT2D eigenvalue weighted by atomic mass is 10.2. The summed E-state index contributed by atoms with van der Waals surface area (Å²) in [7, 11) is 1.63. The van der Waals surface area contributed by atoms with E-state index in [-0.39, 0.29) is 5.91 Å². The predicted molar refractivity (Wildman–Crippen MR) is 87.5 cm³/mol. The van der Waals surface area contributed by atoms with E-state index in [0.29, 0.717) is 30.1 Å². The van der Waals surface area contributed by atoms with Gasteiger partial charge in [0.05, 0.1) is 11.6 Å². The standard InChI is InChI=1S/C17H18N4O2/c1-23-10-2-8-20-17(22)14-7-9-19-16(11-14)21-15-5-3-13(12-18)4-6-15/h3-7,9,11H,2,8,10H2,1H3,(H,19,21)(H,20,22). The second-order valence-corrected chi connectivity index (χ2v) is 4.85. The van der Waals surface area contributed by atoms with Crippen molar-refractivity contribution in [3.8, 4) is 6.07 Å². The Bertz CT molecular complexity index is 692. The molecule has 2 aromatic rings. The zero-order valence-electron chi connectivity index (χ0n) is 12.9. The highest BCUT2D eigenvalue weighted by Crippen LogP contribution is 2.16. The number of nitrogens with zero attached hydrogens (tertiary/aromatic N) is 2. The van der Waals surface area contributed by atoms with Crippen LogP contribution in [-0.4, -0.2) is 31.2 Å². The Balaban J connectivity index is 1.98. The Hall–Kier alpha value is -2.91. The Labute approximate surface area is 135 Å². The Kier molecular flexibility index (Phi) is 6.09. The number of anilines is 2. The van der Waals surface area contributed by atoms with E-state index < -0.39 is 0 Å². The first kappa shape index (κ1) is 16.5. The third kappa shape index (κ3) is 5.09. The minimum absolute atomic E-state index is 0.147. The van der Waals surface area contributed by atoms with Gasteiger partial charge in [0.15, 0.2) is 0 Å². The van der Waals surface area contributed by atoms with Crippen molar-refractivity contribution in [2.24, 2.45) is 0 Å². The molecule has 1 amide bonds. The van der Waals surface area contributed by atoms with Crippen molar-refractivity contribution in [2.45, 2.75) is 6.42 Å². The molecule has 0 unspecified atom stereocenters. The topological polar surface area (TPSA) is 87.0 Å². The first-order valence-corrected chi connectivity index (χ1v) is 7.23. The molecule has 0 aliphatic carbocycles. The number of pyridine rings is 1. The van der Waals surface area contributed by atoms with Gasteiger partial charge in [-0.15, -0.1) is 0 Å². The van der Waals surface area contributed by atoms with Crippen molar-refractivity contribution in [1.29, 1.82) is 5.26 Å². The van der Waals surface area contributed by atoms with Crippen molar-refractivity contribution in [2.75, 3.05) is 25.6 Å². The molecule has 1 heterocycles. The fourth-order valence-electron chi connectivity index (χ4n) is 1.94. The molecule has 0 fully saturated rings. The largest absolute Gasteiger partial charge is 0.385 e. The molecular weight excluding hydrogens is 292 g/mol. The van der Waals surface area contributed by atoms with Crippen molar-refractivity contribution in [3.05, 3.63) is 53.7 Å². The van der Waals surface area contributed by atoms with E-state index in [9.17, 15) is 4.79 Å². The summed E-state index contributed by atoms with van der Waals surface area (Å²) >= 11 is 0. The average Bonchev–Trinajstić information content (AvgIpc) is 2.59. The highest BCUT2D eigenvalue weighted by Gasteiger charge is 2.06. The number of amides is 1. The molecule has 0 saturated carbocycles. The van der Waals surface area contributed by atoms with Gasteiger partial charge < -0.3 is 15.4 Å². The lowest BCUT2D eigenvalue weighted by Gasteiger charge is -2.08. The molecule has 0 bridgehead atoms. The summed E-state index contributed by atoms with van der Waals surface area (Å²) in [6.07, 6.45) is 2.35. The SMILES string of the molecule is COCCCNC(=O)c1ccnc(Nc2ccc(C#N)cc2)c1. The van der Waals surface area contributed by atoms with Crippen LogP contribution >= 0.6 is 0 Å². The average molecular weight is 310 g/mol. The summed E-state index contributed by atoms with van der Waals surface area (Å²) in [4.78, 5) is 16.2. The minimum Gasteiger partial charge on any atom is -0.385 e. The maximum absolute atomic E-state index is 12.1. The fourth-order valence-corrected chi connectivity index (χ4v) is 1.94. The van der Waals surface area contributed by atoms with E-state index >= 15 is 0 Å². The van der Waals surface area contributed by atoms with E-state index in [0.717, 1.165) is 12.1 Å². The highest BCUT2D eigenvalue weighted by molar-refractivity contribution is 5.94. The molecule has 0 spiro atoms. The molecule has 2 rings (SSSR count). The van der Waals surface area contributed by atoms with Gasteiger partial charge in [0.25, 0.3) is 5.91 Å². The molecule has 6 nitrogen and oxygen atoms in total. The summed E-state index contributed by atoms with van der Waals surface area (Å²) < 4.78 is 4.94. The van der Waals surface area contributed by atoms with Crippen molar-refractivity contribution in [1.82, 2.24) is 10.3 Å². The maximum atomic E-state index is 12.1.